The van der Waals surface area contributed by atoms with Crippen LogP contribution in [0.4, 0.5) is 0 Å². The van der Waals surface area contributed by atoms with E-state index in [1.165, 1.54) is 57.8 Å². The Balaban J connectivity index is 0.00000104. The second kappa shape index (κ2) is 13.8. The van der Waals surface area contributed by atoms with Crippen molar-refractivity contribution in [3.63, 3.8) is 0 Å². The van der Waals surface area contributed by atoms with Gasteiger partial charge in [0.05, 0.1) is 5.41 Å². The van der Waals surface area contributed by atoms with Crippen molar-refractivity contribution in [1.82, 2.24) is 10.2 Å². The molecule has 7 fully saturated rings. The van der Waals surface area contributed by atoms with Gasteiger partial charge in [0.2, 0.25) is 0 Å². The molecule has 9 atom stereocenters. The SMILES string of the molecule is C.C=CC.CC1C(=C2CC3(C2)CC(C=O)(C=O)C3)C=CC2(C)C1CCC1(C)C2CCC2[C@H]3CCCC3(NCCN3CCS(=O)CC3)CC[C@]21C. The fourth-order valence-electron chi connectivity index (χ4n) is 14.5. The molecule has 0 bridgehead atoms. The summed E-state index contributed by atoms with van der Waals surface area (Å²) in [5.74, 6) is 5.41. The third kappa shape index (κ3) is 5.78. The molecule has 50 heavy (non-hydrogen) atoms. The lowest BCUT2D eigenvalue weighted by atomic mass is 9.34. The summed E-state index contributed by atoms with van der Waals surface area (Å²) in [4.78, 5) is 25.6. The Kier molecular flexibility index (Phi) is 10.6. The zero-order valence-electron chi connectivity index (χ0n) is 31.5. The van der Waals surface area contributed by atoms with Crippen LogP contribution < -0.4 is 5.32 Å². The minimum atomic E-state index is -0.685. The fraction of sp³-hybridized carbons (Fsp3) is 0.818. The Morgan fingerprint density at radius 3 is 2.26 bits per heavy atom. The molecule has 7 aliphatic carbocycles. The number of nitrogens with zero attached hydrogens (tertiary/aromatic N) is 1. The van der Waals surface area contributed by atoms with Crippen LogP contribution in [0.5, 0.6) is 0 Å². The molecule has 0 radical (unpaired) electrons. The molecule has 0 aromatic carbocycles. The highest BCUT2D eigenvalue weighted by molar-refractivity contribution is 7.85. The molecule has 8 rings (SSSR count). The van der Waals surface area contributed by atoms with Gasteiger partial charge in [0.1, 0.15) is 12.6 Å². The van der Waals surface area contributed by atoms with E-state index in [1.54, 1.807) is 17.2 Å². The Hall–Kier alpha value is -1.37. The van der Waals surface area contributed by atoms with Crippen molar-refractivity contribution in [3.05, 3.63) is 36.0 Å². The maximum atomic E-state index is 11.9. The van der Waals surface area contributed by atoms with Crippen molar-refractivity contribution in [3.8, 4) is 0 Å². The molecule has 0 aromatic rings. The van der Waals surface area contributed by atoms with Gasteiger partial charge in [-0.3, -0.25) is 4.21 Å². The molecule has 8 aliphatic rings. The van der Waals surface area contributed by atoms with Crippen LogP contribution in [0.1, 0.15) is 126 Å². The van der Waals surface area contributed by atoms with E-state index in [1.807, 2.05) is 6.92 Å². The second-order valence-electron chi connectivity index (χ2n) is 19.1. The van der Waals surface area contributed by atoms with Crippen LogP contribution in [-0.2, 0) is 20.4 Å². The molecular formula is C44H70N2O3S. The van der Waals surface area contributed by atoms with E-state index in [2.05, 4.69) is 56.6 Å². The number of rotatable bonds is 6. The molecule has 6 heteroatoms. The van der Waals surface area contributed by atoms with E-state index in [-0.39, 0.29) is 18.3 Å². The molecule has 0 aromatic heterocycles. The summed E-state index contributed by atoms with van der Waals surface area (Å²) in [6, 6.07) is 0. The molecule has 1 N–H and O–H groups in total. The van der Waals surface area contributed by atoms with Crippen LogP contribution in [0.2, 0.25) is 0 Å². The summed E-state index contributed by atoms with van der Waals surface area (Å²) in [6.07, 6.45) is 24.9. The molecule has 1 heterocycles. The maximum absolute atomic E-state index is 11.9. The number of aldehydes is 2. The standard InChI is InChI=1S/C40H60N2O3S.C3H6.CH4/c1-28-30(29-22-38(23-29)24-39(25-38,26-43)27-44)9-12-35(2)31(28)10-13-37(4)34(35)8-7-32-33-6-5-11-40(33,15-14-36(32,37)3)41-16-17-42-18-20-46(45)21-19-42;1-3-2;/h9,12,26-28,31-34,41H,5-8,10-11,13-25H2,1-4H3;3H,1H2,2H3;1H4/t28?,31?,32?,33-,34?,35?,36-,37?,40?;;/m1../s1. The molecule has 0 amide bonds. The Morgan fingerprint density at radius 1 is 0.920 bits per heavy atom. The molecule has 1 saturated heterocycles. The number of carbonyl (C=O) groups excluding carboxylic acids is 2. The van der Waals surface area contributed by atoms with Crippen molar-refractivity contribution in [2.45, 2.75) is 131 Å². The van der Waals surface area contributed by atoms with Crippen LogP contribution in [0.25, 0.3) is 0 Å². The largest absolute Gasteiger partial charge is 0.310 e. The van der Waals surface area contributed by atoms with Gasteiger partial charge in [-0.05, 0) is 141 Å². The first-order valence-corrected chi connectivity index (χ1v) is 21.6. The van der Waals surface area contributed by atoms with E-state index in [0.29, 0.717) is 28.2 Å². The molecule has 280 valence electrons. The van der Waals surface area contributed by atoms with E-state index >= 15 is 0 Å². The summed E-state index contributed by atoms with van der Waals surface area (Å²) < 4.78 is 11.9. The number of hydrogen-bond acceptors (Lipinski definition) is 5. The summed E-state index contributed by atoms with van der Waals surface area (Å²) in [5, 5.41) is 4.23. The molecule has 1 spiro atoms. The predicted octanol–water partition coefficient (Wildman–Crippen LogP) is 8.72. The minimum absolute atomic E-state index is 0. The van der Waals surface area contributed by atoms with Gasteiger partial charge in [0, 0.05) is 54.0 Å². The first-order valence-electron chi connectivity index (χ1n) is 20.1. The van der Waals surface area contributed by atoms with E-state index in [9.17, 15) is 13.8 Å². The van der Waals surface area contributed by atoms with Crippen LogP contribution in [-0.4, -0.2) is 64.9 Å². The van der Waals surface area contributed by atoms with Gasteiger partial charge in [-0.1, -0.05) is 65.3 Å². The van der Waals surface area contributed by atoms with Crippen LogP contribution in [0.3, 0.4) is 0 Å². The Labute approximate surface area is 307 Å². The highest BCUT2D eigenvalue weighted by atomic mass is 32.2. The average Bonchev–Trinajstić information content (AvgIpc) is 3.47. The monoisotopic (exact) mass is 707 g/mol. The highest BCUT2D eigenvalue weighted by Crippen LogP contribution is 2.75. The van der Waals surface area contributed by atoms with Crippen LogP contribution >= 0.6 is 0 Å². The van der Waals surface area contributed by atoms with Crippen molar-refractivity contribution in [1.29, 1.82) is 0 Å². The van der Waals surface area contributed by atoms with Gasteiger partial charge in [0.15, 0.2) is 0 Å². The van der Waals surface area contributed by atoms with E-state index < -0.39 is 16.2 Å². The molecule has 5 nitrogen and oxygen atoms in total. The van der Waals surface area contributed by atoms with Crippen molar-refractivity contribution in [2.24, 2.45) is 56.7 Å². The number of carbonyl (C=O) groups is 2. The van der Waals surface area contributed by atoms with Crippen LogP contribution in [0, 0.1) is 56.7 Å². The first-order chi connectivity index (χ1) is 23.4. The number of fused-ring (bicyclic) bond motifs is 7. The lowest BCUT2D eigenvalue weighted by Gasteiger charge is -2.71. The summed E-state index contributed by atoms with van der Waals surface area (Å²) in [7, 11) is -0.595. The molecule has 6 saturated carbocycles. The van der Waals surface area contributed by atoms with Crippen molar-refractivity contribution in [2.75, 3.05) is 37.7 Å². The zero-order chi connectivity index (χ0) is 34.9. The third-order valence-electron chi connectivity index (χ3n) is 17.0. The van der Waals surface area contributed by atoms with Crippen LogP contribution in [0.15, 0.2) is 36.0 Å². The van der Waals surface area contributed by atoms with Gasteiger partial charge in [0.25, 0.3) is 0 Å². The lowest BCUT2D eigenvalue weighted by molar-refractivity contribution is -0.201. The van der Waals surface area contributed by atoms with Gasteiger partial charge < -0.3 is 19.8 Å². The first kappa shape index (κ1) is 38.4. The second-order valence-corrected chi connectivity index (χ2v) is 20.8. The van der Waals surface area contributed by atoms with Gasteiger partial charge in [-0.15, -0.1) is 6.58 Å². The van der Waals surface area contributed by atoms with E-state index in [4.69, 9.17) is 0 Å². The fourth-order valence-corrected chi connectivity index (χ4v) is 15.6. The quantitative estimate of drug-likeness (QED) is 0.170. The Bertz CT molecular complexity index is 1380. The Morgan fingerprint density at radius 2 is 1.60 bits per heavy atom. The summed E-state index contributed by atoms with van der Waals surface area (Å²) in [5.41, 5.74) is 4.14. The van der Waals surface area contributed by atoms with Crippen molar-refractivity contribution < 1.29 is 13.8 Å². The summed E-state index contributed by atoms with van der Waals surface area (Å²) in [6.45, 7) is 20.1. The number of hydrogen-bond donors (Lipinski definition) is 1. The minimum Gasteiger partial charge on any atom is -0.310 e. The molecule has 1 aliphatic heterocycles. The normalized spacial score (nSPS) is 44.1. The maximum Gasteiger partial charge on any atom is 0.133 e. The summed E-state index contributed by atoms with van der Waals surface area (Å²) >= 11 is 0. The highest BCUT2D eigenvalue weighted by Gasteiger charge is 2.68. The number of allylic oxidation sites excluding steroid dienone is 5. The number of nitrogens with one attached hydrogen (secondary N) is 1. The zero-order valence-corrected chi connectivity index (χ0v) is 32.3. The molecule has 7 unspecified atom stereocenters. The molecular weight excluding hydrogens is 637 g/mol. The van der Waals surface area contributed by atoms with Gasteiger partial charge in [-0.25, -0.2) is 0 Å². The van der Waals surface area contributed by atoms with Gasteiger partial charge >= 0.3 is 0 Å². The van der Waals surface area contributed by atoms with E-state index in [0.717, 1.165) is 93.7 Å². The average molecular weight is 707 g/mol. The lowest BCUT2D eigenvalue weighted by Crippen LogP contribution is -2.67. The third-order valence-corrected chi connectivity index (χ3v) is 18.2. The van der Waals surface area contributed by atoms with Crippen molar-refractivity contribution >= 4 is 23.4 Å². The van der Waals surface area contributed by atoms with Gasteiger partial charge in [-0.2, -0.15) is 0 Å². The topological polar surface area (TPSA) is 66.5 Å². The predicted molar refractivity (Wildman–Crippen MR) is 208 cm³/mol. The smallest absolute Gasteiger partial charge is 0.133 e.